The molecule has 3 aromatic rings. The summed E-state index contributed by atoms with van der Waals surface area (Å²) in [6, 6.07) is 13.1. The molecular weight excluding hydrogens is 356 g/mol. The Kier molecular flexibility index (Phi) is 5.40. The molecule has 0 saturated heterocycles. The van der Waals surface area contributed by atoms with Crippen molar-refractivity contribution in [3.63, 3.8) is 0 Å². The average molecular weight is 380 g/mol. The monoisotopic (exact) mass is 380 g/mol. The van der Waals surface area contributed by atoms with Gasteiger partial charge in [-0.25, -0.2) is 4.79 Å². The van der Waals surface area contributed by atoms with E-state index < -0.39 is 5.97 Å². The van der Waals surface area contributed by atoms with E-state index in [4.69, 9.17) is 4.74 Å². The first kappa shape index (κ1) is 19.5. The van der Waals surface area contributed by atoms with Crippen molar-refractivity contribution in [3.05, 3.63) is 59.3 Å². The number of aromatic carboxylic acids is 1. The Hall–Kier alpha value is -3.28. The van der Waals surface area contributed by atoms with Gasteiger partial charge in [0, 0.05) is 30.1 Å². The number of carboxylic acid groups (broad SMARTS) is 1. The number of carbonyl (C=O) groups excluding carboxylic acids is 1. The number of benzene rings is 2. The molecule has 0 aliphatic heterocycles. The zero-order valence-electron chi connectivity index (χ0n) is 16.5. The van der Waals surface area contributed by atoms with Gasteiger partial charge >= 0.3 is 5.97 Å². The molecule has 0 unspecified atom stereocenters. The van der Waals surface area contributed by atoms with E-state index in [-0.39, 0.29) is 18.0 Å². The number of para-hydroxylation sites is 1. The number of methoxy groups -OCH3 is 1. The number of amides is 1. The summed E-state index contributed by atoms with van der Waals surface area (Å²) in [6.07, 6.45) is -0.0112. The second-order valence-electron chi connectivity index (χ2n) is 6.70. The van der Waals surface area contributed by atoms with Gasteiger partial charge in [-0.2, -0.15) is 0 Å². The van der Waals surface area contributed by atoms with E-state index >= 15 is 0 Å². The van der Waals surface area contributed by atoms with Gasteiger partial charge in [-0.1, -0.05) is 24.3 Å². The van der Waals surface area contributed by atoms with Crippen LogP contribution in [0.2, 0.25) is 0 Å². The molecular formula is C22H24N2O4. The van der Waals surface area contributed by atoms with Gasteiger partial charge in [0.1, 0.15) is 11.4 Å². The molecule has 2 aromatic carbocycles. The molecule has 6 heteroatoms. The van der Waals surface area contributed by atoms with Crippen molar-refractivity contribution in [1.29, 1.82) is 0 Å². The Morgan fingerprint density at radius 1 is 1.18 bits per heavy atom. The standard InChI is InChI=1S/C22H24N2O4/c1-5-24-17-9-7-6-8-15(17)16(21(24)22(26)27)13-20(25)23(3)18-12-14(2)10-11-19(18)28-4/h6-12H,5,13H2,1-4H3,(H,26,27). The Balaban J connectivity index is 2.05. The lowest BCUT2D eigenvalue weighted by Crippen LogP contribution is -2.29. The first-order valence-electron chi connectivity index (χ1n) is 9.13. The molecule has 1 N–H and O–H groups in total. The zero-order valence-corrected chi connectivity index (χ0v) is 16.5. The SMILES string of the molecule is CCn1c(C(=O)O)c(CC(=O)N(C)c2cc(C)ccc2OC)c2ccccc21. The molecule has 1 aromatic heterocycles. The van der Waals surface area contributed by atoms with Gasteiger partial charge in [0.05, 0.1) is 19.2 Å². The molecule has 0 atom stereocenters. The summed E-state index contributed by atoms with van der Waals surface area (Å²) in [6.45, 7) is 4.35. The molecule has 28 heavy (non-hydrogen) atoms. The number of rotatable bonds is 6. The first-order valence-corrected chi connectivity index (χ1v) is 9.13. The van der Waals surface area contributed by atoms with Crippen LogP contribution in [0.5, 0.6) is 5.75 Å². The second kappa shape index (κ2) is 7.76. The van der Waals surface area contributed by atoms with E-state index in [9.17, 15) is 14.7 Å². The van der Waals surface area contributed by atoms with E-state index in [1.807, 2.05) is 56.3 Å². The maximum Gasteiger partial charge on any atom is 0.352 e. The van der Waals surface area contributed by atoms with Crippen LogP contribution in [0, 0.1) is 6.92 Å². The summed E-state index contributed by atoms with van der Waals surface area (Å²) in [5.41, 5.74) is 3.18. The lowest BCUT2D eigenvalue weighted by atomic mass is 10.1. The van der Waals surface area contributed by atoms with Crippen molar-refractivity contribution in [3.8, 4) is 5.75 Å². The summed E-state index contributed by atoms with van der Waals surface area (Å²) in [4.78, 5) is 26.6. The molecule has 1 amide bonds. The number of anilines is 1. The van der Waals surface area contributed by atoms with Crippen molar-refractivity contribution in [2.75, 3.05) is 19.1 Å². The van der Waals surface area contributed by atoms with Crippen LogP contribution in [0.25, 0.3) is 10.9 Å². The van der Waals surface area contributed by atoms with Crippen LogP contribution in [0.4, 0.5) is 5.69 Å². The normalized spacial score (nSPS) is 10.9. The minimum absolute atomic E-state index is 0.0112. The molecule has 0 radical (unpaired) electrons. The van der Waals surface area contributed by atoms with Gasteiger partial charge in [0.15, 0.2) is 0 Å². The molecule has 146 valence electrons. The Morgan fingerprint density at radius 2 is 1.89 bits per heavy atom. The number of likely N-dealkylation sites (N-methyl/N-ethyl adjacent to an activating group) is 1. The first-order chi connectivity index (χ1) is 13.4. The minimum atomic E-state index is -1.03. The van der Waals surface area contributed by atoms with Gasteiger partial charge in [-0.3, -0.25) is 4.79 Å². The van der Waals surface area contributed by atoms with Crippen molar-refractivity contribution in [2.24, 2.45) is 0 Å². The average Bonchev–Trinajstić information content (AvgIpc) is 3.01. The third-order valence-electron chi connectivity index (χ3n) is 4.99. The van der Waals surface area contributed by atoms with Crippen LogP contribution in [0.3, 0.4) is 0 Å². The molecule has 0 fully saturated rings. The Labute approximate surface area is 163 Å². The van der Waals surface area contributed by atoms with Gasteiger partial charge < -0.3 is 19.3 Å². The molecule has 6 nitrogen and oxygen atoms in total. The number of aryl methyl sites for hydroxylation is 2. The summed E-state index contributed by atoms with van der Waals surface area (Å²) >= 11 is 0. The minimum Gasteiger partial charge on any atom is -0.495 e. The fourth-order valence-electron chi connectivity index (χ4n) is 3.59. The maximum absolute atomic E-state index is 13.1. The third-order valence-corrected chi connectivity index (χ3v) is 4.99. The van der Waals surface area contributed by atoms with Crippen LogP contribution < -0.4 is 9.64 Å². The van der Waals surface area contributed by atoms with Crippen LogP contribution in [0.15, 0.2) is 42.5 Å². The topological polar surface area (TPSA) is 71.8 Å². The quantitative estimate of drug-likeness (QED) is 0.704. The molecule has 3 rings (SSSR count). The second-order valence-corrected chi connectivity index (χ2v) is 6.70. The van der Waals surface area contributed by atoms with Crippen LogP contribution in [-0.4, -0.2) is 35.7 Å². The third kappa shape index (κ3) is 3.33. The zero-order chi connectivity index (χ0) is 20.4. The summed E-state index contributed by atoms with van der Waals surface area (Å²) < 4.78 is 7.13. The number of hydrogen-bond acceptors (Lipinski definition) is 3. The lowest BCUT2D eigenvalue weighted by molar-refractivity contribution is -0.117. The molecule has 0 saturated carbocycles. The van der Waals surface area contributed by atoms with E-state index in [2.05, 4.69) is 0 Å². The number of aromatic nitrogens is 1. The van der Waals surface area contributed by atoms with Crippen LogP contribution >= 0.6 is 0 Å². The highest BCUT2D eigenvalue weighted by Gasteiger charge is 2.25. The highest BCUT2D eigenvalue weighted by molar-refractivity contribution is 6.03. The van der Waals surface area contributed by atoms with Crippen molar-refractivity contribution in [1.82, 2.24) is 4.57 Å². The lowest BCUT2D eigenvalue weighted by Gasteiger charge is -2.21. The highest BCUT2D eigenvalue weighted by Crippen LogP contribution is 2.31. The molecule has 0 aliphatic rings. The molecule has 0 aliphatic carbocycles. The van der Waals surface area contributed by atoms with Gasteiger partial charge in [-0.05, 0) is 37.6 Å². The fourth-order valence-corrected chi connectivity index (χ4v) is 3.59. The smallest absolute Gasteiger partial charge is 0.352 e. The molecule has 1 heterocycles. The fraction of sp³-hybridized carbons (Fsp3) is 0.273. The number of ether oxygens (including phenoxy) is 1. The van der Waals surface area contributed by atoms with Crippen LogP contribution in [-0.2, 0) is 17.8 Å². The predicted molar refractivity (Wildman–Crippen MR) is 109 cm³/mol. The van der Waals surface area contributed by atoms with Crippen molar-refractivity contribution < 1.29 is 19.4 Å². The van der Waals surface area contributed by atoms with Crippen LogP contribution in [0.1, 0.15) is 28.5 Å². The van der Waals surface area contributed by atoms with Crippen molar-refractivity contribution >= 4 is 28.5 Å². The predicted octanol–water partition coefficient (Wildman–Crippen LogP) is 3.88. The summed E-state index contributed by atoms with van der Waals surface area (Å²) in [7, 11) is 3.24. The van der Waals surface area contributed by atoms with E-state index in [1.165, 1.54) is 4.90 Å². The number of carbonyl (C=O) groups is 2. The summed E-state index contributed by atoms with van der Waals surface area (Å²) in [5, 5.41) is 10.6. The van der Waals surface area contributed by atoms with E-state index in [0.717, 1.165) is 16.5 Å². The number of fused-ring (bicyclic) bond motifs is 1. The van der Waals surface area contributed by atoms with Gasteiger partial charge in [0.25, 0.3) is 0 Å². The number of hydrogen-bond donors (Lipinski definition) is 1. The Morgan fingerprint density at radius 3 is 2.54 bits per heavy atom. The summed E-state index contributed by atoms with van der Waals surface area (Å²) in [5.74, 6) is -0.641. The number of nitrogens with zero attached hydrogens (tertiary/aromatic N) is 2. The number of carboxylic acids is 1. The highest BCUT2D eigenvalue weighted by atomic mass is 16.5. The van der Waals surface area contributed by atoms with Gasteiger partial charge in [-0.15, -0.1) is 0 Å². The molecule has 0 spiro atoms. The maximum atomic E-state index is 13.1. The molecule has 0 bridgehead atoms. The largest absolute Gasteiger partial charge is 0.495 e. The van der Waals surface area contributed by atoms with Crippen molar-refractivity contribution in [2.45, 2.75) is 26.8 Å². The van der Waals surface area contributed by atoms with E-state index in [0.29, 0.717) is 23.5 Å². The Bertz CT molecular complexity index is 1050. The van der Waals surface area contributed by atoms with Gasteiger partial charge in [0.2, 0.25) is 5.91 Å². The van der Waals surface area contributed by atoms with E-state index in [1.54, 1.807) is 18.7 Å².